The molecule has 1 aliphatic carbocycles. The first-order chi connectivity index (χ1) is 8.79. The lowest BCUT2D eigenvalue weighted by Crippen LogP contribution is -2.40. The molecule has 5 nitrogen and oxygen atoms in total. The van der Waals surface area contributed by atoms with Crippen LogP contribution in [0.4, 0.5) is 0 Å². The molecular formula is C14H29N3O2. The van der Waals surface area contributed by atoms with E-state index in [1.807, 2.05) is 20.9 Å². The van der Waals surface area contributed by atoms with E-state index in [9.17, 15) is 5.11 Å². The largest absolute Gasteiger partial charge is 0.409 e. The zero-order valence-corrected chi connectivity index (χ0v) is 12.5. The van der Waals surface area contributed by atoms with Gasteiger partial charge in [0.25, 0.3) is 0 Å². The molecule has 4 N–H and O–H groups in total. The summed E-state index contributed by atoms with van der Waals surface area (Å²) in [5.74, 6) is 0.282. The summed E-state index contributed by atoms with van der Waals surface area (Å²) in [6.45, 7) is 5.63. The van der Waals surface area contributed by atoms with E-state index in [0.717, 1.165) is 51.6 Å². The topological polar surface area (TPSA) is 82.1 Å². The van der Waals surface area contributed by atoms with Gasteiger partial charge in [0.15, 0.2) is 0 Å². The summed E-state index contributed by atoms with van der Waals surface area (Å²) in [7, 11) is 2.05. The molecule has 19 heavy (non-hydrogen) atoms. The second-order valence-corrected chi connectivity index (χ2v) is 6.64. The van der Waals surface area contributed by atoms with Crippen molar-refractivity contribution >= 4 is 5.84 Å². The minimum atomic E-state index is -0.476. The summed E-state index contributed by atoms with van der Waals surface area (Å²) < 4.78 is 0. The van der Waals surface area contributed by atoms with Crippen LogP contribution in [0.25, 0.3) is 0 Å². The van der Waals surface area contributed by atoms with E-state index in [0.29, 0.717) is 0 Å². The molecule has 0 aromatic heterocycles. The van der Waals surface area contributed by atoms with Crippen molar-refractivity contribution in [3.8, 4) is 0 Å². The van der Waals surface area contributed by atoms with Gasteiger partial charge in [-0.05, 0) is 39.3 Å². The van der Waals surface area contributed by atoms with Crippen LogP contribution >= 0.6 is 0 Å². The first-order valence-corrected chi connectivity index (χ1v) is 7.18. The van der Waals surface area contributed by atoms with Crippen LogP contribution in [0.3, 0.4) is 0 Å². The van der Waals surface area contributed by atoms with Gasteiger partial charge in [0.05, 0.1) is 5.60 Å². The molecule has 0 heterocycles. The monoisotopic (exact) mass is 271 g/mol. The van der Waals surface area contributed by atoms with Crippen molar-refractivity contribution in [1.29, 1.82) is 0 Å². The average Bonchev–Trinajstić information content (AvgIpc) is 2.74. The first kappa shape index (κ1) is 16.2. The fourth-order valence-corrected chi connectivity index (χ4v) is 2.83. The zero-order valence-electron chi connectivity index (χ0n) is 12.5. The van der Waals surface area contributed by atoms with Gasteiger partial charge in [0.1, 0.15) is 5.84 Å². The molecule has 1 fully saturated rings. The second-order valence-electron chi connectivity index (χ2n) is 6.64. The van der Waals surface area contributed by atoms with Crippen molar-refractivity contribution < 1.29 is 10.3 Å². The number of nitrogens with zero attached hydrogens (tertiary/aromatic N) is 2. The lowest BCUT2D eigenvalue weighted by atomic mass is 9.86. The van der Waals surface area contributed by atoms with Gasteiger partial charge in [0, 0.05) is 12.0 Å². The number of hydrogen-bond donors (Lipinski definition) is 3. The number of oxime groups is 1. The number of hydrogen-bond acceptors (Lipinski definition) is 4. The normalized spacial score (nSPS) is 20.2. The predicted octanol–water partition coefficient (Wildman–Crippen LogP) is 1.78. The standard InChI is InChI=1S/C14H29N3O2/c1-13(2,12(15)16-19)7-6-10-17(3)11-14(18)8-4-5-9-14/h18-19H,4-11H2,1-3H3,(H2,15,16). The molecule has 0 aromatic rings. The molecule has 5 heteroatoms. The summed E-state index contributed by atoms with van der Waals surface area (Å²) in [6.07, 6.45) is 5.96. The van der Waals surface area contributed by atoms with Gasteiger partial charge < -0.3 is 20.9 Å². The van der Waals surface area contributed by atoms with Crippen LogP contribution in [0.15, 0.2) is 5.16 Å². The fraction of sp³-hybridized carbons (Fsp3) is 0.929. The molecule has 1 aliphatic rings. The van der Waals surface area contributed by atoms with Crippen LogP contribution in [0.2, 0.25) is 0 Å². The van der Waals surface area contributed by atoms with E-state index in [2.05, 4.69) is 10.1 Å². The maximum absolute atomic E-state index is 10.3. The van der Waals surface area contributed by atoms with Gasteiger partial charge in [-0.25, -0.2) is 0 Å². The third-order valence-electron chi connectivity index (χ3n) is 4.24. The second kappa shape index (κ2) is 6.57. The van der Waals surface area contributed by atoms with Crippen LogP contribution in [0.1, 0.15) is 52.4 Å². The number of aliphatic hydroxyl groups is 1. The molecule has 0 radical (unpaired) electrons. The van der Waals surface area contributed by atoms with Crippen molar-refractivity contribution in [2.45, 2.75) is 58.0 Å². The van der Waals surface area contributed by atoms with E-state index >= 15 is 0 Å². The van der Waals surface area contributed by atoms with Gasteiger partial charge in [-0.3, -0.25) is 0 Å². The Labute approximate surface area is 116 Å². The number of likely N-dealkylation sites (N-methyl/N-ethyl adjacent to an activating group) is 1. The Morgan fingerprint density at radius 3 is 2.47 bits per heavy atom. The molecule has 1 rings (SSSR count). The van der Waals surface area contributed by atoms with Crippen molar-refractivity contribution in [3.63, 3.8) is 0 Å². The summed E-state index contributed by atoms with van der Waals surface area (Å²) in [4.78, 5) is 2.19. The first-order valence-electron chi connectivity index (χ1n) is 7.18. The van der Waals surface area contributed by atoms with E-state index in [1.165, 1.54) is 0 Å². The summed E-state index contributed by atoms with van der Waals surface area (Å²) >= 11 is 0. The lowest BCUT2D eigenvalue weighted by Gasteiger charge is -2.29. The Kier molecular flexibility index (Phi) is 5.62. The van der Waals surface area contributed by atoms with Crippen LogP contribution in [-0.4, -0.2) is 46.8 Å². The molecule has 0 amide bonds. The van der Waals surface area contributed by atoms with Crippen LogP contribution in [0.5, 0.6) is 0 Å². The number of rotatable bonds is 7. The Hall–Kier alpha value is -0.810. The Bertz CT molecular complexity index is 310. The molecule has 0 aliphatic heterocycles. The highest BCUT2D eigenvalue weighted by atomic mass is 16.4. The molecule has 0 aromatic carbocycles. The SMILES string of the molecule is CN(CCCC(C)(C)C(N)=NO)CC1(O)CCCC1. The predicted molar refractivity (Wildman–Crippen MR) is 77.3 cm³/mol. The fourth-order valence-electron chi connectivity index (χ4n) is 2.83. The quantitative estimate of drug-likeness (QED) is 0.285. The van der Waals surface area contributed by atoms with Crippen molar-refractivity contribution in [3.05, 3.63) is 0 Å². The Balaban J connectivity index is 2.29. The highest BCUT2D eigenvalue weighted by Crippen LogP contribution is 2.30. The highest BCUT2D eigenvalue weighted by Gasteiger charge is 2.32. The maximum Gasteiger partial charge on any atom is 0.144 e. The molecule has 0 atom stereocenters. The van der Waals surface area contributed by atoms with E-state index in [1.54, 1.807) is 0 Å². The number of nitrogens with two attached hydrogens (primary N) is 1. The summed E-state index contributed by atoms with van der Waals surface area (Å²) in [5.41, 5.74) is 4.91. The molecule has 0 bridgehead atoms. The average molecular weight is 271 g/mol. The molecule has 0 unspecified atom stereocenters. The molecular weight excluding hydrogens is 242 g/mol. The minimum absolute atomic E-state index is 0.278. The lowest BCUT2D eigenvalue weighted by molar-refractivity contribution is 0.0158. The van der Waals surface area contributed by atoms with Gasteiger partial charge in [-0.1, -0.05) is 31.8 Å². The van der Waals surface area contributed by atoms with Gasteiger partial charge in [0.2, 0.25) is 0 Å². The third-order valence-corrected chi connectivity index (χ3v) is 4.24. The van der Waals surface area contributed by atoms with Crippen molar-refractivity contribution in [1.82, 2.24) is 4.90 Å². The molecule has 0 saturated heterocycles. The molecule has 1 saturated carbocycles. The smallest absolute Gasteiger partial charge is 0.144 e. The highest BCUT2D eigenvalue weighted by molar-refractivity contribution is 5.85. The van der Waals surface area contributed by atoms with E-state index in [-0.39, 0.29) is 11.3 Å². The molecule has 0 spiro atoms. The zero-order chi connectivity index (χ0) is 14.5. The Morgan fingerprint density at radius 2 is 1.95 bits per heavy atom. The van der Waals surface area contributed by atoms with Crippen molar-refractivity contribution in [2.75, 3.05) is 20.1 Å². The van der Waals surface area contributed by atoms with Gasteiger partial charge in [-0.2, -0.15) is 0 Å². The summed E-state index contributed by atoms with van der Waals surface area (Å²) in [6, 6.07) is 0. The molecule has 112 valence electrons. The van der Waals surface area contributed by atoms with Gasteiger partial charge in [-0.15, -0.1) is 0 Å². The number of amidine groups is 1. The minimum Gasteiger partial charge on any atom is -0.409 e. The van der Waals surface area contributed by atoms with Crippen LogP contribution in [0, 0.1) is 5.41 Å². The van der Waals surface area contributed by atoms with E-state index in [4.69, 9.17) is 10.9 Å². The van der Waals surface area contributed by atoms with Crippen LogP contribution in [-0.2, 0) is 0 Å². The van der Waals surface area contributed by atoms with Crippen molar-refractivity contribution in [2.24, 2.45) is 16.3 Å². The third kappa shape index (κ3) is 4.99. The van der Waals surface area contributed by atoms with E-state index < -0.39 is 5.60 Å². The maximum atomic E-state index is 10.3. The van der Waals surface area contributed by atoms with Crippen LogP contribution < -0.4 is 5.73 Å². The summed E-state index contributed by atoms with van der Waals surface area (Å²) in [5, 5.41) is 22.1. The Morgan fingerprint density at radius 1 is 1.37 bits per heavy atom. The van der Waals surface area contributed by atoms with Gasteiger partial charge >= 0.3 is 0 Å².